The Kier molecular flexibility index (Phi) is 5.18. The van der Waals surface area contributed by atoms with Gasteiger partial charge in [0.15, 0.2) is 0 Å². The number of halogens is 2. The Morgan fingerprint density at radius 1 is 1.50 bits per heavy atom. The Labute approximate surface area is 104 Å². The van der Waals surface area contributed by atoms with Crippen LogP contribution >= 0.6 is 0 Å². The van der Waals surface area contributed by atoms with Crippen LogP contribution in [0.1, 0.15) is 12.5 Å². The molecule has 0 heterocycles. The quantitative estimate of drug-likeness (QED) is 0.712. The molecule has 0 aliphatic heterocycles. The minimum absolute atomic E-state index is 0.0965. The SMILES string of the molecule is CC(O)C(N)CNC(=O)Cc1ccc(F)cc1F. The molecule has 0 fully saturated rings. The molecule has 0 bridgehead atoms. The van der Waals surface area contributed by atoms with Crippen molar-refractivity contribution in [1.29, 1.82) is 0 Å². The predicted molar refractivity (Wildman–Crippen MR) is 62.7 cm³/mol. The van der Waals surface area contributed by atoms with E-state index in [9.17, 15) is 13.6 Å². The molecule has 0 saturated heterocycles. The van der Waals surface area contributed by atoms with Gasteiger partial charge in [-0.3, -0.25) is 4.79 Å². The summed E-state index contributed by atoms with van der Waals surface area (Å²) in [7, 11) is 0. The van der Waals surface area contributed by atoms with Crippen LogP contribution in [0.2, 0.25) is 0 Å². The summed E-state index contributed by atoms with van der Waals surface area (Å²) in [5.74, 6) is -1.88. The molecule has 4 nitrogen and oxygen atoms in total. The lowest BCUT2D eigenvalue weighted by Gasteiger charge is -2.15. The van der Waals surface area contributed by atoms with Gasteiger partial charge in [-0.15, -0.1) is 0 Å². The summed E-state index contributed by atoms with van der Waals surface area (Å²) in [5.41, 5.74) is 5.63. The molecule has 1 amide bonds. The molecule has 0 aliphatic rings. The van der Waals surface area contributed by atoms with Gasteiger partial charge >= 0.3 is 0 Å². The van der Waals surface area contributed by atoms with Crippen molar-refractivity contribution in [2.24, 2.45) is 5.73 Å². The summed E-state index contributed by atoms with van der Waals surface area (Å²) in [6.45, 7) is 1.61. The number of aliphatic hydroxyl groups excluding tert-OH is 1. The van der Waals surface area contributed by atoms with Gasteiger partial charge in [0, 0.05) is 18.7 Å². The number of carbonyl (C=O) groups excluding carboxylic acids is 1. The first-order chi connectivity index (χ1) is 8.40. The van der Waals surface area contributed by atoms with Gasteiger partial charge in [-0.25, -0.2) is 8.78 Å². The fraction of sp³-hybridized carbons (Fsp3) is 0.417. The number of amides is 1. The van der Waals surface area contributed by atoms with Crippen LogP contribution in [0.3, 0.4) is 0 Å². The maximum atomic E-state index is 13.3. The Hall–Kier alpha value is -1.53. The van der Waals surface area contributed by atoms with Gasteiger partial charge < -0.3 is 16.2 Å². The lowest BCUT2D eigenvalue weighted by atomic mass is 10.1. The molecule has 6 heteroatoms. The van der Waals surface area contributed by atoms with Crippen LogP contribution in [-0.2, 0) is 11.2 Å². The van der Waals surface area contributed by atoms with E-state index in [2.05, 4.69) is 5.32 Å². The highest BCUT2D eigenvalue weighted by molar-refractivity contribution is 5.78. The van der Waals surface area contributed by atoms with Crippen LogP contribution < -0.4 is 11.1 Å². The molecule has 2 atom stereocenters. The first kappa shape index (κ1) is 14.5. The maximum Gasteiger partial charge on any atom is 0.224 e. The van der Waals surface area contributed by atoms with E-state index in [-0.39, 0.29) is 18.5 Å². The Morgan fingerprint density at radius 2 is 2.17 bits per heavy atom. The largest absolute Gasteiger partial charge is 0.392 e. The lowest BCUT2D eigenvalue weighted by Crippen LogP contribution is -2.44. The molecule has 100 valence electrons. The third-order valence-electron chi connectivity index (χ3n) is 2.52. The second kappa shape index (κ2) is 6.42. The minimum Gasteiger partial charge on any atom is -0.392 e. The molecule has 1 rings (SSSR count). The van der Waals surface area contributed by atoms with E-state index < -0.39 is 29.7 Å². The van der Waals surface area contributed by atoms with Gasteiger partial charge in [0.25, 0.3) is 0 Å². The molecular weight excluding hydrogens is 242 g/mol. The van der Waals surface area contributed by atoms with E-state index in [0.717, 1.165) is 12.1 Å². The molecule has 0 saturated carbocycles. The monoisotopic (exact) mass is 258 g/mol. The van der Waals surface area contributed by atoms with Crippen LogP contribution in [0.4, 0.5) is 8.78 Å². The Morgan fingerprint density at radius 3 is 2.72 bits per heavy atom. The van der Waals surface area contributed by atoms with Crippen LogP contribution in [0.5, 0.6) is 0 Å². The van der Waals surface area contributed by atoms with E-state index >= 15 is 0 Å². The number of aliphatic hydroxyl groups is 1. The third-order valence-corrected chi connectivity index (χ3v) is 2.52. The number of hydrogen-bond donors (Lipinski definition) is 3. The van der Waals surface area contributed by atoms with Crippen molar-refractivity contribution in [2.45, 2.75) is 25.5 Å². The molecule has 4 N–H and O–H groups in total. The van der Waals surface area contributed by atoms with Gasteiger partial charge in [-0.05, 0) is 18.6 Å². The van der Waals surface area contributed by atoms with Crippen molar-refractivity contribution in [2.75, 3.05) is 6.54 Å². The zero-order valence-electron chi connectivity index (χ0n) is 9.99. The number of nitrogens with two attached hydrogens (primary N) is 1. The highest BCUT2D eigenvalue weighted by Gasteiger charge is 2.12. The lowest BCUT2D eigenvalue weighted by molar-refractivity contribution is -0.120. The Balaban J connectivity index is 2.50. The van der Waals surface area contributed by atoms with E-state index in [0.29, 0.717) is 0 Å². The van der Waals surface area contributed by atoms with Crippen molar-refractivity contribution >= 4 is 5.91 Å². The number of rotatable bonds is 5. The third kappa shape index (κ3) is 4.38. The molecule has 0 spiro atoms. The summed E-state index contributed by atoms with van der Waals surface area (Å²) >= 11 is 0. The van der Waals surface area contributed by atoms with Gasteiger partial charge in [0.1, 0.15) is 11.6 Å². The van der Waals surface area contributed by atoms with Crippen molar-refractivity contribution < 1.29 is 18.7 Å². The van der Waals surface area contributed by atoms with E-state index in [1.165, 1.54) is 13.0 Å². The van der Waals surface area contributed by atoms with Crippen molar-refractivity contribution in [3.05, 3.63) is 35.4 Å². The standard InChI is InChI=1S/C12H16F2N2O2/c1-7(17)11(15)6-16-12(18)4-8-2-3-9(13)5-10(8)14/h2-3,5,7,11,17H,4,6,15H2,1H3,(H,16,18). The van der Waals surface area contributed by atoms with Gasteiger partial charge in [0.2, 0.25) is 5.91 Å². The normalized spacial score (nSPS) is 14.1. The van der Waals surface area contributed by atoms with Crippen LogP contribution in [0.25, 0.3) is 0 Å². The first-order valence-corrected chi connectivity index (χ1v) is 5.54. The van der Waals surface area contributed by atoms with Gasteiger partial charge in [-0.1, -0.05) is 6.07 Å². The summed E-state index contributed by atoms with van der Waals surface area (Å²) < 4.78 is 25.9. The summed E-state index contributed by atoms with van der Waals surface area (Å²) in [6, 6.07) is 2.46. The molecule has 0 radical (unpaired) electrons. The predicted octanol–water partition coefficient (Wildman–Crippen LogP) is 0.332. The van der Waals surface area contributed by atoms with Crippen molar-refractivity contribution in [3.63, 3.8) is 0 Å². The second-order valence-electron chi connectivity index (χ2n) is 4.12. The number of benzene rings is 1. The number of carbonyl (C=O) groups is 1. The van der Waals surface area contributed by atoms with Gasteiger partial charge in [-0.2, -0.15) is 0 Å². The highest BCUT2D eigenvalue weighted by Crippen LogP contribution is 2.09. The Bertz CT molecular complexity index is 425. The average molecular weight is 258 g/mol. The van der Waals surface area contributed by atoms with Crippen molar-refractivity contribution in [1.82, 2.24) is 5.32 Å². The zero-order valence-corrected chi connectivity index (χ0v) is 9.99. The number of nitrogens with one attached hydrogen (secondary N) is 1. The molecule has 18 heavy (non-hydrogen) atoms. The van der Waals surface area contributed by atoms with Gasteiger partial charge in [0.05, 0.1) is 12.5 Å². The summed E-state index contributed by atoms with van der Waals surface area (Å²) in [4.78, 5) is 11.5. The maximum absolute atomic E-state index is 13.3. The molecule has 2 unspecified atom stereocenters. The average Bonchev–Trinajstić information content (AvgIpc) is 2.29. The second-order valence-corrected chi connectivity index (χ2v) is 4.12. The van der Waals surface area contributed by atoms with E-state index in [1.54, 1.807) is 0 Å². The molecule has 0 aliphatic carbocycles. The van der Waals surface area contributed by atoms with E-state index in [4.69, 9.17) is 10.8 Å². The molecule has 1 aromatic carbocycles. The van der Waals surface area contributed by atoms with Crippen molar-refractivity contribution in [3.8, 4) is 0 Å². The summed E-state index contributed by atoms with van der Waals surface area (Å²) in [6.07, 6.45) is -0.939. The molecule has 0 aromatic heterocycles. The van der Waals surface area contributed by atoms with Crippen LogP contribution in [0, 0.1) is 11.6 Å². The topological polar surface area (TPSA) is 75.3 Å². The smallest absolute Gasteiger partial charge is 0.224 e. The van der Waals surface area contributed by atoms with Crippen LogP contribution in [0.15, 0.2) is 18.2 Å². The fourth-order valence-electron chi connectivity index (χ4n) is 1.30. The summed E-state index contributed by atoms with van der Waals surface area (Å²) in [5, 5.41) is 11.6. The minimum atomic E-state index is -0.759. The number of hydrogen-bond acceptors (Lipinski definition) is 3. The fourth-order valence-corrected chi connectivity index (χ4v) is 1.30. The molecular formula is C12H16F2N2O2. The van der Waals surface area contributed by atoms with E-state index in [1.807, 2.05) is 0 Å². The molecule has 1 aromatic rings. The first-order valence-electron chi connectivity index (χ1n) is 5.54. The zero-order chi connectivity index (χ0) is 13.7. The highest BCUT2D eigenvalue weighted by atomic mass is 19.1. The van der Waals surface area contributed by atoms with Crippen LogP contribution in [-0.4, -0.2) is 29.7 Å².